The maximum Gasteiger partial charge on any atom is 0.257 e. The molecule has 1 amide bonds. The summed E-state index contributed by atoms with van der Waals surface area (Å²) in [5.74, 6) is 7.06. The predicted octanol–water partition coefficient (Wildman–Crippen LogP) is 4.29. The van der Waals surface area contributed by atoms with E-state index in [0.717, 1.165) is 23.1 Å². The molecule has 0 aliphatic carbocycles. The summed E-state index contributed by atoms with van der Waals surface area (Å²) in [6.45, 7) is 3.16. The van der Waals surface area contributed by atoms with Gasteiger partial charge in [0.2, 0.25) is 0 Å². The van der Waals surface area contributed by atoms with Gasteiger partial charge in [-0.05, 0) is 43.3 Å². The lowest BCUT2D eigenvalue weighted by Crippen LogP contribution is -2.19. The van der Waals surface area contributed by atoms with Crippen LogP contribution in [0, 0.1) is 11.8 Å². The van der Waals surface area contributed by atoms with Crippen molar-refractivity contribution in [1.29, 1.82) is 0 Å². The molecule has 2 aromatic carbocycles. The summed E-state index contributed by atoms with van der Waals surface area (Å²) >= 11 is 3.41. The summed E-state index contributed by atoms with van der Waals surface area (Å²) in [6, 6.07) is 14.9. The SMILES string of the molecule is COC[C@H](C)Oc1cc(C#Cc2cccc(NCCBr)c2)cc(C(=O)Nc2ccn(C)n2)c1. The minimum atomic E-state index is -0.289. The first-order valence-corrected chi connectivity index (χ1v) is 11.6. The highest BCUT2D eigenvalue weighted by Gasteiger charge is 2.12. The average Bonchev–Trinajstić information content (AvgIpc) is 3.21. The molecule has 172 valence electrons. The molecule has 1 atom stereocenters. The van der Waals surface area contributed by atoms with Crippen LogP contribution in [0.5, 0.6) is 5.75 Å². The number of carbonyl (C=O) groups is 1. The second kappa shape index (κ2) is 12.1. The van der Waals surface area contributed by atoms with Gasteiger partial charge in [0.1, 0.15) is 11.9 Å². The van der Waals surface area contributed by atoms with E-state index in [4.69, 9.17) is 9.47 Å². The molecule has 0 saturated carbocycles. The van der Waals surface area contributed by atoms with Gasteiger partial charge in [0.25, 0.3) is 5.91 Å². The fourth-order valence-corrected chi connectivity index (χ4v) is 3.28. The summed E-state index contributed by atoms with van der Waals surface area (Å²) in [6.07, 6.45) is 1.58. The number of carbonyl (C=O) groups excluding carboxylic acids is 1. The van der Waals surface area contributed by atoms with Gasteiger partial charge in [-0.15, -0.1) is 0 Å². The Kier molecular flexibility index (Phi) is 8.93. The Morgan fingerprint density at radius 3 is 2.73 bits per heavy atom. The highest BCUT2D eigenvalue weighted by Crippen LogP contribution is 2.20. The average molecular weight is 511 g/mol. The van der Waals surface area contributed by atoms with Crippen molar-refractivity contribution in [3.05, 3.63) is 71.4 Å². The summed E-state index contributed by atoms with van der Waals surface area (Å²) in [7, 11) is 3.41. The molecule has 2 N–H and O–H groups in total. The van der Waals surface area contributed by atoms with Gasteiger partial charge in [0, 0.05) is 60.7 Å². The summed E-state index contributed by atoms with van der Waals surface area (Å²) in [5.41, 5.74) is 2.97. The summed E-state index contributed by atoms with van der Waals surface area (Å²) in [4.78, 5) is 12.9. The van der Waals surface area contributed by atoms with Gasteiger partial charge in [-0.2, -0.15) is 5.10 Å². The van der Waals surface area contributed by atoms with Gasteiger partial charge in [-0.25, -0.2) is 0 Å². The Bertz CT molecular complexity index is 1150. The van der Waals surface area contributed by atoms with E-state index in [1.54, 1.807) is 43.2 Å². The second-order valence-corrected chi connectivity index (χ2v) is 8.20. The monoisotopic (exact) mass is 510 g/mol. The Morgan fingerprint density at radius 1 is 1.18 bits per heavy atom. The number of alkyl halides is 1. The number of benzene rings is 2. The van der Waals surface area contributed by atoms with Crippen molar-refractivity contribution in [2.75, 3.05) is 36.2 Å². The molecule has 33 heavy (non-hydrogen) atoms. The highest BCUT2D eigenvalue weighted by atomic mass is 79.9. The van der Waals surface area contributed by atoms with Crippen LogP contribution in [0.25, 0.3) is 0 Å². The quantitative estimate of drug-likeness (QED) is 0.331. The van der Waals surface area contributed by atoms with Crippen molar-refractivity contribution in [2.24, 2.45) is 7.05 Å². The van der Waals surface area contributed by atoms with Gasteiger partial charge in [-0.1, -0.05) is 33.8 Å². The van der Waals surface area contributed by atoms with E-state index >= 15 is 0 Å². The number of aryl methyl sites for hydroxylation is 1. The van der Waals surface area contributed by atoms with Crippen molar-refractivity contribution < 1.29 is 14.3 Å². The molecule has 0 aliphatic rings. The maximum atomic E-state index is 12.9. The van der Waals surface area contributed by atoms with Gasteiger partial charge >= 0.3 is 0 Å². The number of anilines is 2. The normalized spacial score (nSPS) is 11.3. The number of halogens is 1. The molecule has 0 spiro atoms. The summed E-state index contributed by atoms with van der Waals surface area (Å²) in [5, 5.41) is 11.2. The van der Waals surface area contributed by atoms with Crippen molar-refractivity contribution in [3.63, 3.8) is 0 Å². The van der Waals surface area contributed by atoms with Crippen LogP contribution in [0.2, 0.25) is 0 Å². The number of amides is 1. The van der Waals surface area contributed by atoms with E-state index in [2.05, 4.69) is 43.5 Å². The third-order valence-corrected chi connectivity index (χ3v) is 4.90. The lowest BCUT2D eigenvalue weighted by atomic mass is 10.1. The number of nitrogens with one attached hydrogen (secondary N) is 2. The lowest BCUT2D eigenvalue weighted by molar-refractivity contribution is 0.0917. The molecule has 3 rings (SSSR count). The molecule has 1 aromatic heterocycles. The predicted molar refractivity (Wildman–Crippen MR) is 134 cm³/mol. The standard InChI is InChI=1S/C25H27BrN4O3/c1-18(17-32-3)33-23-15-20(8-7-19-5-4-6-22(14-19)27-11-10-26)13-21(16-23)25(31)28-24-9-12-30(2)29-24/h4-6,9,12-16,18,27H,10-11,17H2,1-3H3,(H,28,29,31)/t18-/m0/s1. The highest BCUT2D eigenvalue weighted by molar-refractivity contribution is 9.09. The summed E-state index contributed by atoms with van der Waals surface area (Å²) < 4.78 is 12.7. The first kappa shape index (κ1) is 24.4. The zero-order valence-corrected chi connectivity index (χ0v) is 20.5. The van der Waals surface area contributed by atoms with Gasteiger partial charge < -0.3 is 20.1 Å². The first-order valence-electron chi connectivity index (χ1n) is 10.5. The Hall–Kier alpha value is -3.28. The van der Waals surface area contributed by atoms with E-state index in [9.17, 15) is 4.79 Å². The van der Waals surface area contributed by atoms with Crippen LogP contribution >= 0.6 is 15.9 Å². The van der Waals surface area contributed by atoms with Crippen LogP contribution in [0.4, 0.5) is 11.5 Å². The molecule has 0 aliphatic heterocycles. The van der Waals surface area contributed by atoms with Crippen LogP contribution in [0.1, 0.15) is 28.4 Å². The Morgan fingerprint density at radius 2 is 2.00 bits per heavy atom. The molecular formula is C25H27BrN4O3. The topological polar surface area (TPSA) is 77.4 Å². The van der Waals surface area contributed by atoms with E-state index in [-0.39, 0.29) is 12.0 Å². The molecule has 0 bridgehead atoms. The lowest BCUT2D eigenvalue weighted by Gasteiger charge is -2.15. The fourth-order valence-electron chi connectivity index (χ4n) is 3.08. The van der Waals surface area contributed by atoms with Crippen LogP contribution < -0.4 is 15.4 Å². The Labute approximate surface area is 202 Å². The fraction of sp³-hybridized carbons (Fsp3) is 0.280. The van der Waals surface area contributed by atoms with Crippen molar-refractivity contribution in [1.82, 2.24) is 9.78 Å². The first-order chi connectivity index (χ1) is 16.0. The number of rotatable bonds is 9. The van der Waals surface area contributed by atoms with Crippen molar-refractivity contribution >= 4 is 33.3 Å². The Balaban J connectivity index is 1.88. The van der Waals surface area contributed by atoms with E-state index in [1.165, 1.54) is 0 Å². The number of methoxy groups -OCH3 is 1. The van der Waals surface area contributed by atoms with Crippen LogP contribution in [-0.2, 0) is 11.8 Å². The maximum absolute atomic E-state index is 12.9. The minimum absolute atomic E-state index is 0.179. The molecule has 0 saturated heterocycles. The third kappa shape index (κ3) is 7.67. The van der Waals surface area contributed by atoms with Crippen molar-refractivity contribution in [3.8, 4) is 17.6 Å². The van der Waals surface area contributed by atoms with E-state index in [0.29, 0.717) is 29.3 Å². The minimum Gasteiger partial charge on any atom is -0.488 e. The molecule has 1 heterocycles. The third-order valence-electron chi connectivity index (χ3n) is 4.50. The van der Waals surface area contributed by atoms with Crippen LogP contribution in [0.3, 0.4) is 0 Å². The van der Waals surface area contributed by atoms with Gasteiger partial charge in [0.15, 0.2) is 5.82 Å². The zero-order valence-electron chi connectivity index (χ0n) is 18.9. The number of aromatic nitrogens is 2. The van der Waals surface area contributed by atoms with E-state index in [1.807, 2.05) is 37.3 Å². The van der Waals surface area contributed by atoms with Gasteiger partial charge in [0.05, 0.1) is 6.61 Å². The molecule has 0 fully saturated rings. The van der Waals surface area contributed by atoms with Gasteiger partial charge in [-0.3, -0.25) is 9.48 Å². The molecule has 3 aromatic rings. The molecular weight excluding hydrogens is 484 g/mol. The molecule has 7 nitrogen and oxygen atoms in total. The van der Waals surface area contributed by atoms with Crippen LogP contribution in [0.15, 0.2) is 54.7 Å². The second-order valence-electron chi connectivity index (χ2n) is 7.41. The molecule has 0 radical (unpaired) electrons. The largest absolute Gasteiger partial charge is 0.488 e. The zero-order chi connectivity index (χ0) is 23.6. The number of hydrogen-bond acceptors (Lipinski definition) is 5. The van der Waals surface area contributed by atoms with E-state index < -0.39 is 0 Å². The smallest absolute Gasteiger partial charge is 0.257 e. The number of hydrogen-bond donors (Lipinski definition) is 2. The van der Waals surface area contributed by atoms with Crippen molar-refractivity contribution in [2.45, 2.75) is 13.0 Å². The van der Waals surface area contributed by atoms with Crippen LogP contribution in [-0.4, -0.2) is 47.4 Å². The number of ether oxygens (including phenoxy) is 2. The molecule has 0 unspecified atom stereocenters. The molecule has 8 heteroatoms. The number of nitrogens with zero attached hydrogens (tertiary/aromatic N) is 2.